The van der Waals surface area contributed by atoms with Crippen molar-refractivity contribution < 1.29 is 19.1 Å². The minimum atomic E-state index is -0.628. The zero-order valence-electron chi connectivity index (χ0n) is 14.6. The summed E-state index contributed by atoms with van der Waals surface area (Å²) in [5.41, 5.74) is 6.10. The molecule has 2 heterocycles. The van der Waals surface area contributed by atoms with E-state index in [0.29, 0.717) is 12.2 Å². The van der Waals surface area contributed by atoms with Gasteiger partial charge in [0.1, 0.15) is 5.60 Å². The molecule has 0 aliphatic carbocycles. The van der Waals surface area contributed by atoms with Crippen LogP contribution in [0.5, 0.6) is 0 Å². The maximum absolute atomic E-state index is 12.4. The fraction of sp³-hybridized carbons (Fsp3) is 0.688. The van der Waals surface area contributed by atoms with E-state index in [1.54, 1.807) is 11.8 Å². The average molecular weight is 323 g/mol. The molecular weight excluding hydrogens is 298 g/mol. The third-order valence-electron chi connectivity index (χ3n) is 3.97. The normalized spacial score (nSPS) is 22.8. The van der Waals surface area contributed by atoms with E-state index in [-0.39, 0.29) is 18.4 Å². The van der Waals surface area contributed by atoms with Crippen molar-refractivity contribution in [2.75, 3.05) is 13.2 Å². The number of rotatable bonds is 2. The third kappa shape index (κ3) is 3.04. The van der Waals surface area contributed by atoms with E-state index in [2.05, 4.69) is 4.99 Å². The van der Waals surface area contributed by atoms with Gasteiger partial charge in [0, 0.05) is 5.57 Å². The number of carbonyl (C=O) groups excluding carboxylic acids is 2. The number of hydrogen-bond donors (Lipinski definition) is 1. The molecule has 1 fully saturated rings. The average Bonchev–Trinajstić information content (AvgIpc) is 2.84. The Morgan fingerprint density at radius 1 is 1.39 bits per heavy atom. The van der Waals surface area contributed by atoms with E-state index in [1.165, 1.54) is 0 Å². The first-order valence-electron chi connectivity index (χ1n) is 7.73. The van der Waals surface area contributed by atoms with Crippen molar-refractivity contribution in [1.82, 2.24) is 4.90 Å². The molecule has 0 spiro atoms. The Bertz CT molecular complexity index is 599. The SMILES string of the molecule is CCOC(=O)C1=NC2C(=C1N)CN(C(=O)OC(C)(C)C)C2(C)C. The number of ether oxygens (including phenoxy) is 2. The molecule has 0 saturated carbocycles. The summed E-state index contributed by atoms with van der Waals surface area (Å²) in [7, 11) is 0. The molecule has 1 atom stereocenters. The van der Waals surface area contributed by atoms with Gasteiger partial charge in [0.05, 0.1) is 30.4 Å². The van der Waals surface area contributed by atoms with Crippen LogP contribution in [-0.2, 0) is 14.3 Å². The Labute approximate surface area is 136 Å². The lowest BCUT2D eigenvalue weighted by molar-refractivity contribution is -0.134. The zero-order chi connectivity index (χ0) is 17.6. The molecule has 7 nitrogen and oxygen atoms in total. The summed E-state index contributed by atoms with van der Waals surface area (Å²) >= 11 is 0. The second-order valence-corrected chi connectivity index (χ2v) is 7.26. The first-order chi connectivity index (χ1) is 10.5. The monoisotopic (exact) mass is 323 g/mol. The van der Waals surface area contributed by atoms with Crippen LogP contribution < -0.4 is 5.73 Å². The van der Waals surface area contributed by atoms with Crippen LogP contribution >= 0.6 is 0 Å². The van der Waals surface area contributed by atoms with E-state index in [1.807, 2.05) is 34.6 Å². The Kier molecular flexibility index (Phi) is 4.17. The molecule has 0 aromatic rings. The fourth-order valence-corrected chi connectivity index (χ4v) is 2.83. The topological polar surface area (TPSA) is 94.2 Å². The van der Waals surface area contributed by atoms with E-state index < -0.39 is 23.2 Å². The van der Waals surface area contributed by atoms with Crippen LogP contribution in [-0.4, -0.2) is 53.0 Å². The summed E-state index contributed by atoms with van der Waals surface area (Å²) in [6.07, 6.45) is -0.412. The van der Waals surface area contributed by atoms with Crippen molar-refractivity contribution in [1.29, 1.82) is 0 Å². The molecule has 0 aromatic heterocycles. The molecule has 2 N–H and O–H groups in total. The Hall–Kier alpha value is -2.05. The van der Waals surface area contributed by atoms with Gasteiger partial charge in [0.2, 0.25) is 0 Å². The Balaban J connectivity index is 2.27. The maximum atomic E-state index is 12.4. The standard InChI is InChI=1S/C16H25N3O4/c1-7-22-13(20)11-10(17)9-8-19(14(21)23-15(2,3)4)16(5,6)12(9)18-11/h12H,7-8,17H2,1-6H3. The molecule has 1 saturated heterocycles. The van der Waals surface area contributed by atoms with Gasteiger partial charge in [0.15, 0.2) is 5.71 Å². The van der Waals surface area contributed by atoms with Crippen LogP contribution in [0.15, 0.2) is 16.3 Å². The second-order valence-electron chi connectivity index (χ2n) is 7.26. The number of likely N-dealkylation sites (tertiary alicyclic amines) is 1. The molecule has 2 aliphatic heterocycles. The lowest BCUT2D eigenvalue weighted by Crippen LogP contribution is -2.49. The first kappa shape index (κ1) is 17.3. The van der Waals surface area contributed by atoms with Crippen molar-refractivity contribution in [3.63, 3.8) is 0 Å². The molecule has 1 amide bonds. The smallest absolute Gasteiger partial charge is 0.411 e. The number of carbonyl (C=O) groups is 2. The van der Waals surface area contributed by atoms with Crippen LogP contribution in [0.2, 0.25) is 0 Å². The number of nitrogens with two attached hydrogens (primary N) is 1. The summed E-state index contributed by atoms with van der Waals surface area (Å²) in [6, 6.07) is -0.352. The van der Waals surface area contributed by atoms with Crippen LogP contribution in [0.25, 0.3) is 0 Å². The Morgan fingerprint density at radius 2 is 2.00 bits per heavy atom. The largest absolute Gasteiger partial charge is 0.461 e. The highest BCUT2D eigenvalue weighted by Crippen LogP contribution is 2.40. The Morgan fingerprint density at radius 3 is 2.48 bits per heavy atom. The number of amides is 1. The third-order valence-corrected chi connectivity index (χ3v) is 3.97. The second kappa shape index (κ2) is 5.54. The number of esters is 1. The molecule has 2 aliphatic rings. The number of nitrogens with zero attached hydrogens (tertiary/aromatic N) is 2. The van der Waals surface area contributed by atoms with Crippen molar-refractivity contribution in [2.45, 2.75) is 58.7 Å². The number of hydrogen-bond acceptors (Lipinski definition) is 6. The molecular formula is C16H25N3O4. The molecule has 7 heteroatoms. The van der Waals surface area contributed by atoms with Gasteiger partial charge in [-0.3, -0.25) is 9.89 Å². The van der Waals surface area contributed by atoms with Crippen LogP contribution in [0.3, 0.4) is 0 Å². The summed E-state index contributed by atoms with van der Waals surface area (Å²) in [5, 5.41) is 0. The van der Waals surface area contributed by atoms with Gasteiger partial charge < -0.3 is 15.2 Å². The van der Waals surface area contributed by atoms with Gasteiger partial charge >= 0.3 is 12.1 Å². The lowest BCUT2D eigenvalue weighted by Gasteiger charge is -2.34. The van der Waals surface area contributed by atoms with Gasteiger partial charge in [-0.15, -0.1) is 0 Å². The molecule has 0 radical (unpaired) electrons. The summed E-state index contributed by atoms with van der Waals surface area (Å²) in [5.74, 6) is -0.522. The lowest BCUT2D eigenvalue weighted by atomic mass is 9.94. The molecule has 23 heavy (non-hydrogen) atoms. The quantitative estimate of drug-likeness (QED) is 0.779. The van der Waals surface area contributed by atoms with Crippen molar-refractivity contribution in [2.24, 2.45) is 10.7 Å². The van der Waals surface area contributed by atoms with E-state index in [4.69, 9.17) is 15.2 Å². The van der Waals surface area contributed by atoms with Crippen molar-refractivity contribution >= 4 is 17.8 Å². The van der Waals surface area contributed by atoms with Gasteiger partial charge in [-0.2, -0.15) is 0 Å². The summed E-state index contributed by atoms with van der Waals surface area (Å²) < 4.78 is 10.4. The summed E-state index contributed by atoms with van der Waals surface area (Å²) in [6.45, 7) is 11.5. The highest BCUT2D eigenvalue weighted by atomic mass is 16.6. The molecule has 0 aromatic carbocycles. The molecule has 2 rings (SSSR count). The first-order valence-corrected chi connectivity index (χ1v) is 7.73. The highest BCUT2D eigenvalue weighted by Gasteiger charge is 2.52. The van der Waals surface area contributed by atoms with E-state index >= 15 is 0 Å². The predicted octanol–water partition coefficient (Wildman–Crippen LogP) is 1.61. The van der Waals surface area contributed by atoms with Crippen LogP contribution in [0.1, 0.15) is 41.5 Å². The van der Waals surface area contributed by atoms with Gasteiger partial charge in [-0.05, 0) is 41.5 Å². The van der Waals surface area contributed by atoms with Gasteiger partial charge in [0.25, 0.3) is 0 Å². The number of aliphatic imine (C=N–C) groups is 1. The predicted molar refractivity (Wildman–Crippen MR) is 86.1 cm³/mol. The van der Waals surface area contributed by atoms with Gasteiger partial charge in [-0.1, -0.05) is 0 Å². The van der Waals surface area contributed by atoms with Crippen LogP contribution in [0, 0.1) is 0 Å². The maximum Gasteiger partial charge on any atom is 0.411 e. The number of fused-ring (bicyclic) bond motifs is 1. The zero-order valence-corrected chi connectivity index (χ0v) is 14.6. The van der Waals surface area contributed by atoms with E-state index in [0.717, 1.165) is 5.57 Å². The minimum absolute atomic E-state index is 0.156. The van der Waals surface area contributed by atoms with E-state index in [9.17, 15) is 9.59 Å². The molecule has 128 valence electrons. The van der Waals surface area contributed by atoms with Crippen LogP contribution in [0.4, 0.5) is 4.79 Å². The molecule has 0 bridgehead atoms. The minimum Gasteiger partial charge on any atom is -0.461 e. The molecule has 1 unspecified atom stereocenters. The van der Waals surface area contributed by atoms with Crippen molar-refractivity contribution in [3.8, 4) is 0 Å². The van der Waals surface area contributed by atoms with Gasteiger partial charge in [-0.25, -0.2) is 9.59 Å². The summed E-state index contributed by atoms with van der Waals surface area (Å²) in [4.78, 5) is 30.4. The highest BCUT2D eigenvalue weighted by molar-refractivity contribution is 6.44. The fourth-order valence-electron chi connectivity index (χ4n) is 2.83. The van der Waals surface area contributed by atoms with Crippen molar-refractivity contribution in [3.05, 3.63) is 11.3 Å².